The molecule has 0 atom stereocenters. The Morgan fingerprint density at radius 2 is 2.00 bits per heavy atom. The van der Waals surface area contributed by atoms with E-state index in [2.05, 4.69) is 62.4 Å². The molecule has 0 saturated carbocycles. The van der Waals surface area contributed by atoms with E-state index in [1.54, 1.807) is 0 Å². The van der Waals surface area contributed by atoms with E-state index in [0.29, 0.717) is 0 Å². The van der Waals surface area contributed by atoms with Crippen molar-refractivity contribution in [3.05, 3.63) is 35.5 Å². The van der Waals surface area contributed by atoms with Gasteiger partial charge in [-0.15, -0.1) is 0 Å². The van der Waals surface area contributed by atoms with Crippen LogP contribution in [0.3, 0.4) is 0 Å². The zero-order valence-corrected chi connectivity index (χ0v) is 10.3. The highest BCUT2D eigenvalue weighted by molar-refractivity contribution is 5.71. The minimum absolute atomic E-state index is 1.16. The van der Waals surface area contributed by atoms with E-state index in [0.717, 1.165) is 5.69 Å². The van der Waals surface area contributed by atoms with Gasteiger partial charge in [0.25, 0.3) is 0 Å². The summed E-state index contributed by atoms with van der Waals surface area (Å²) >= 11 is 0. The molecule has 0 aliphatic heterocycles. The van der Waals surface area contributed by atoms with Crippen LogP contribution in [-0.4, -0.2) is 14.1 Å². The third-order valence-electron chi connectivity index (χ3n) is 2.25. The first-order valence-corrected chi connectivity index (χ1v) is 5.21. The molecule has 1 aromatic rings. The van der Waals surface area contributed by atoms with E-state index in [1.807, 2.05) is 7.05 Å². The Morgan fingerprint density at radius 1 is 1.33 bits per heavy atom. The first kappa shape index (κ1) is 11.6. The van der Waals surface area contributed by atoms with E-state index in [-0.39, 0.29) is 0 Å². The van der Waals surface area contributed by atoms with Crippen molar-refractivity contribution in [1.82, 2.24) is 0 Å². The molecule has 1 aromatic carbocycles. The number of nitrogens with zero attached hydrogens (tertiary/aromatic N) is 1. The quantitative estimate of drug-likeness (QED) is 0.811. The summed E-state index contributed by atoms with van der Waals surface area (Å²) in [6.07, 6.45) is 2.13. The molecule has 0 radical (unpaired) electrons. The van der Waals surface area contributed by atoms with Gasteiger partial charge in [0.1, 0.15) is 0 Å². The van der Waals surface area contributed by atoms with Crippen LogP contribution in [0.5, 0.6) is 0 Å². The van der Waals surface area contributed by atoms with Crippen LogP contribution in [0.1, 0.15) is 19.4 Å². The van der Waals surface area contributed by atoms with Gasteiger partial charge in [0, 0.05) is 20.3 Å². The summed E-state index contributed by atoms with van der Waals surface area (Å²) in [6, 6.07) is 6.43. The smallest absolute Gasteiger partial charge is 0.0639 e. The van der Waals surface area contributed by atoms with E-state index in [1.165, 1.54) is 16.8 Å². The molecule has 0 aliphatic carbocycles. The average Bonchev–Trinajstić information content (AvgIpc) is 2.16. The van der Waals surface area contributed by atoms with Crippen LogP contribution in [0.15, 0.2) is 30.0 Å². The van der Waals surface area contributed by atoms with Crippen molar-refractivity contribution in [3.63, 3.8) is 0 Å². The van der Waals surface area contributed by atoms with Crippen LogP contribution in [-0.2, 0) is 0 Å². The molecular weight excluding hydrogens is 184 g/mol. The Kier molecular flexibility index (Phi) is 3.78. The molecule has 2 nitrogen and oxygen atoms in total. The Bertz CT molecular complexity index is 363. The average molecular weight is 204 g/mol. The fourth-order valence-electron chi connectivity index (χ4n) is 1.61. The highest BCUT2D eigenvalue weighted by Gasteiger charge is 2.04. The van der Waals surface area contributed by atoms with Crippen LogP contribution >= 0.6 is 0 Å². The Morgan fingerprint density at radius 3 is 2.53 bits per heavy atom. The lowest BCUT2D eigenvalue weighted by Gasteiger charge is -2.19. The second-order valence-electron chi connectivity index (χ2n) is 4.09. The van der Waals surface area contributed by atoms with E-state index < -0.39 is 0 Å². The molecule has 0 spiro atoms. The van der Waals surface area contributed by atoms with Crippen molar-refractivity contribution < 1.29 is 0 Å². The monoisotopic (exact) mass is 204 g/mol. The topological polar surface area (TPSA) is 15.3 Å². The molecular formula is C13H20N2. The second kappa shape index (κ2) is 4.87. The van der Waals surface area contributed by atoms with E-state index in [9.17, 15) is 0 Å². The van der Waals surface area contributed by atoms with Gasteiger partial charge in [-0.05, 0) is 38.5 Å². The summed E-state index contributed by atoms with van der Waals surface area (Å²) in [5.74, 6) is 0. The molecule has 1 N–H and O–H groups in total. The molecule has 0 fully saturated rings. The number of rotatable bonds is 3. The first-order chi connectivity index (χ1) is 7.04. The molecule has 0 aromatic heterocycles. The Hall–Kier alpha value is -1.44. The van der Waals surface area contributed by atoms with E-state index >= 15 is 0 Å². The predicted octanol–water partition coefficient (Wildman–Crippen LogP) is 3.40. The zero-order chi connectivity index (χ0) is 11.4. The molecule has 82 valence electrons. The standard InChI is InChI=1S/C13H20N2/c1-10(2)9-15(5)13-7-6-11(3)8-12(13)14-4/h6-9,14H,1-5H3. The van der Waals surface area contributed by atoms with Gasteiger partial charge in [-0.25, -0.2) is 0 Å². The maximum Gasteiger partial charge on any atom is 0.0639 e. The van der Waals surface area contributed by atoms with Gasteiger partial charge in [-0.3, -0.25) is 0 Å². The summed E-state index contributed by atoms with van der Waals surface area (Å²) in [7, 11) is 4.02. The first-order valence-electron chi connectivity index (χ1n) is 5.21. The lowest BCUT2D eigenvalue weighted by Crippen LogP contribution is -2.11. The number of benzene rings is 1. The van der Waals surface area contributed by atoms with Gasteiger partial charge in [0.05, 0.1) is 11.4 Å². The van der Waals surface area contributed by atoms with Crippen molar-refractivity contribution in [1.29, 1.82) is 0 Å². The van der Waals surface area contributed by atoms with Gasteiger partial charge in [0.15, 0.2) is 0 Å². The fourth-order valence-corrected chi connectivity index (χ4v) is 1.61. The lowest BCUT2D eigenvalue weighted by atomic mass is 10.2. The zero-order valence-electron chi connectivity index (χ0n) is 10.3. The number of hydrogen-bond acceptors (Lipinski definition) is 2. The van der Waals surface area contributed by atoms with Gasteiger partial charge in [-0.1, -0.05) is 11.6 Å². The summed E-state index contributed by atoms with van der Waals surface area (Å²) in [5.41, 5.74) is 4.92. The number of anilines is 2. The maximum atomic E-state index is 3.22. The minimum atomic E-state index is 1.16. The second-order valence-corrected chi connectivity index (χ2v) is 4.09. The molecule has 15 heavy (non-hydrogen) atoms. The van der Waals surface area contributed by atoms with Crippen molar-refractivity contribution in [2.75, 3.05) is 24.3 Å². The van der Waals surface area contributed by atoms with Gasteiger partial charge in [0.2, 0.25) is 0 Å². The summed E-state index contributed by atoms with van der Waals surface area (Å²) < 4.78 is 0. The van der Waals surface area contributed by atoms with Gasteiger partial charge >= 0.3 is 0 Å². The Labute approximate surface area is 92.6 Å². The van der Waals surface area contributed by atoms with Gasteiger partial charge < -0.3 is 10.2 Å². The lowest BCUT2D eigenvalue weighted by molar-refractivity contribution is 1.16. The molecule has 0 saturated heterocycles. The predicted molar refractivity (Wildman–Crippen MR) is 68.6 cm³/mol. The van der Waals surface area contributed by atoms with Crippen LogP contribution in [0.25, 0.3) is 0 Å². The molecule has 0 aliphatic rings. The van der Waals surface area contributed by atoms with Crippen molar-refractivity contribution >= 4 is 11.4 Å². The van der Waals surface area contributed by atoms with Crippen LogP contribution in [0, 0.1) is 6.92 Å². The molecule has 0 unspecified atom stereocenters. The SMILES string of the molecule is CNc1cc(C)ccc1N(C)C=C(C)C. The summed E-state index contributed by atoms with van der Waals surface area (Å²) in [4.78, 5) is 2.14. The fraction of sp³-hybridized carbons (Fsp3) is 0.385. The largest absolute Gasteiger partial charge is 0.386 e. The van der Waals surface area contributed by atoms with Crippen molar-refractivity contribution in [3.8, 4) is 0 Å². The van der Waals surface area contributed by atoms with Crippen molar-refractivity contribution in [2.45, 2.75) is 20.8 Å². The van der Waals surface area contributed by atoms with Gasteiger partial charge in [-0.2, -0.15) is 0 Å². The number of allylic oxidation sites excluding steroid dienone is 1. The molecule has 0 amide bonds. The molecule has 1 rings (SSSR count). The number of aryl methyl sites for hydroxylation is 1. The van der Waals surface area contributed by atoms with Crippen LogP contribution in [0.4, 0.5) is 11.4 Å². The van der Waals surface area contributed by atoms with Crippen LogP contribution in [0.2, 0.25) is 0 Å². The minimum Gasteiger partial charge on any atom is -0.386 e. The molecule has 0 bridgehead atoms. The van der Waals surface area contributed by atoms with Crippen LogP contribution < -0.4 is 10.2 Å². The third-order valence-corrected chi connectivity index (χ3v) is 2.25. The van der Waals surface area contributed by atoms with E-state index in [4.69, 9.17) is 0 Å². The number of nitrogens with one attached hydrogen (secondary N) is 1. The maximum absolute atomic E-state index is 3.22. The van der Waals surface area contributed by atoms with Crippen molar-refractivity contribution in [2.24, 2.45) is 0 Å². The normalized spacial score (nSPS) is 9.67. The highest BCUT2D eigenvalue weighted by Crippen LogP contribution is 2.26. The number of hydrogen-bond donors (Lipinski definition) is 1. The molecule has 2 heteroatoms. The summed E-state index contributed by atoms with van der Waals surface area (Å²) in [5, 5.41) is 3.22. The third kappa shape index (κ3) is 3.01. The Balaban J connectivity index is 3.08. The summed E-state index contributed by atoms with van der Waals surface area (Å²) in [6.45, 7) is 6.30. The highest BCUT2D eigenvalue weighted by atomic mass is 15.1. The molecule has 0 heterocycles.